The molecule has 0 unspecified atom stereocenters. The normalized spacial score (nSPS) is 12.3. The van der Waals surface area contributed by atoms with Crippen LogP contribution in [0.1, 0.15) is 24.1 Å². The number of hydrogen-bond acceptors (Lipinski definition) is 5. The predicted molar refractivity (Wildman–Crippen MR) is 127 cm³/mol. The molecule has 6 nitrogen and oxygen atoms in total. The van der Waals surface area contributed by atoms with Gasteiger partial charge in [0.2, 0.25) is 11.1 Å². The molecule has 1 atom stereocenters. The molecule has 0 bridgehead atoms. The lowest BCUT2D eigenvalue weighted by molar-refractivity contribution is -0.120. The number of carbonyl (C=O) groups is 1. The highest BCUT2D eigenvalue weighted by Gasteiger charge is 2.22. The number of thioether (sulfide) groups is 1. The van der Waals surface area contributed by atoms with E-state index in [1.165, 1.54) is 11.8 Å². The van der Waals surface area contributed by atoms with Crippen molar-refractivity contribution in [1.82, 2.24) is 25.5 Å². The molecule has 0 fully saturated rings. The molecular formula is C25H21N5OS. The van der Waals surface area contributed by atoms with Crippen molar-refractivity contribution in [2.75, 3.05) is 0 Å². The quantitative estimate of drug-likeness (QED) is 0.368. The van der Waals surface area contributed by atoms with Crippen LogP contribution in [-0.2, 0) is 4.79 Å². The summed E-state index contributed by atoms with van der Waals surface area (Å²) in [5.41, 5.74) is 4.42. The van der Waals surface area contributed by atoms with Crippen LogP contribution in [0.2, 0.25) is 0 Å². The van der Waals surface area contributed by atoms with Crippen molar-refractivity contribution in [2.45, 2.75) is 23.4 Å². The highest BCUT2D eigenvalue weighted by atomic mass is 32.2. The van der Waals surface area contributed by atoms with Gasteiger partial charge in [-0.15, -0.1) is 10.2 Å². The lowest BCUT2D eigenvalue weighted by atomic mass is 9.98. The number of fused-ring (bicyclic) bond motifs is 3. The first-order valence-corrected chi connectivity index (χ1v) is 11.2. The van der Waals surface area contributed by atoms with E-state index in [9.17, 15) is 4.79 Å². The highest BCUT2D eigenvalue weighted by Crippen LogP contribution is 2.27. The number of aromatic amines is 1. The molecule has 32 heavy (non-hydrogen) atoms. The average molecular weight is 440 g/mol. The van der Waals surface area contributed by atoms with Gasteiger partial charge >= 0.3 is 0 Å². The Balaban J connectivity index is 1.36. The summed E-state index contributed by atoms with van der Waals surface area (Å²) in [7, 11) is 0. The van der Waals surface area contributed by atoms with Crippen molar-refractivity contribution in [3.8, 4) is 0 Å². The number of carbonyl (C=O) groups excluding carboxylic acids is 1. The first-order valence-electron chi connectivity index (χ1n) is 10.4. The second-order valence-corrected chi connectivity index (χ2v) is 8.79. The topological polar surface area (TPSA) is 83.6 Å². The minimum absolute atomic E-state index is 0.0898. The largest absolute Gasteiger partial charge is 0.344 e. The molecule has 0 spiro atoms. The molecule has 0 aliphatic carbocycles. The number of rotatable bonds is 6. The van der Waals surface area contributed by atoms with Gasteiger partial charge < -0.3 is 10.3 Å². The molecule has 0 saturated carbocycles. The van der Waals surface area contributed by atoms with Gasteiger partial charge in [0.1, 0.15) is 5.52 Å². The third kappa shape index (κ3) is 4.07. The molecule has 2 heterocycles. The predicted octanol–water partition coefficient (Wildman–Crippen LogP) is 4.89. The Bertz CT molecular complexity index is 1330. The van der Waals surface area contributed by atoms with E-state index in [1.807, 2.05) is 91.9 Å². The van der Waals surface area contributed by atoms with Crippen LogP contribution in [0, 0.1) is 0 Å². The zero-order chi connectivity index (χ0) is 21.9. The average Bonchev–Trinajstić information content (AvgIpc) is 3.21. The second-order valence-electron chi connectivity index (χ2n) is 7.49. The van der Waals surface area contributed by atoms with Gasteiger partial charge in [0, 0.05) is 10.9 Å². The smallest absolute Gasteiger partial charge is 0.234 e. The van der Waals surface area contributed by atoms with Crippen molar-refractivity contribution in [3.63, 3.8) is 0 Å². The fourth-order valence-corrected chi connectivity index (χ4v) is 4.40. The number of nitrogens with one attached hydrogen (secondary N) is 2. The Kier molecular flexibility index (Phi) is 5.56. The zero-order valence-corrected chi connectivity index (χ0v) is 18.2. The molecular weight excluding hydrogens is 418 g/mol. The molecule has 158 valence electrons. The third-order valence-electron chi connectivity index (χ3n) is 5.31. The van der Waals surface area contributed by atoms with Crippen LogP contribution in [0.4, 0.5) is 0 Å². The maximum Gasteiger partial charge on any atom is 0.234 e. The molecule has 2 aromatic heterocycles. The summed E-state index contributed by atoms with van der Waals surface area (Å²) in [5.74, 6) is -0.0898. The van der Waals surface area contributed by atoms with E-state index in [2.05, 4.69) is 25.5 Å². The summed E-state index contributed by atoms with van der Waals surface area (Å²) in [5, 5.41) is 12.8. The number of para-hydroxylation sites is 1. The molecule has 2 N–H and O–H groups in total. The second kappa shape index (κ2) is 8.80. The molecule has 0 aliphatic rings. The lowest BCUT2D eigenvalue weighted by Crippen LogP contribution is -2.35. The molecule has 0 radical (unpaired) electrons. The number of aromatic nitrogens is 4. The van der Waals surface area contributed by atoms with E-state index in [0.29, 0.717) is 10.8 Å². The van der Waals surface area contributed by atoms with E-state index < -0.39 is 5.25 Å². The minimum Gasteiger partial charge on any atom is -0.344 e. The van der Waals surface area contributed by atoms with Crippen LogP contribution in [0.5, 0.6) is 0 Å². The summed E-state index contributed by atoms with van der Waals surface area (Å²) in [6.07, 6.45) is 0. The van der Waals surface area contributed by atoms with E-state index in [0.717, 1.165) is 27.5 Å². The van der Waals surface area contributed by atoms with Gasteiger partial charge in [-0.1, -0.05) is 90.6 Å². The SMILES string of the molecule is C[C@@H](Sc1nnc2c(n1)[nH]c1ccccc12)C(=O)NC(c1ccccc1)c1ccccc1. The van der Waals surface area contributed by atoms with E-state index in [4.69, 9.17) is 0 Å². The van der Waals surface area contributed by atoms with Gasteiger partial charge in [-0.2, -0.15) is 0 Å². The molecule has 5 aromatic rings. The van der Waals surface area contributed by atoms with Crippen LogP contribution in [0.3, 0.4) is 0 Å². The first kappa shape index (κ1) is 20.2. The Morgan fingerprint density at radius 1 is 0.875 bits per heavy atom. The molecule has 5 rings (SSSR count). The van der Waals surface area contributed by atoms with Crippen LogP contribution in [0.15, 0.2) is 90.1 Å². The lowest BCUT2D eigenvalue weighted by Gasteiger charge is -2.21. The summed E-state index contributed by atoms with van der Waals surface area (Å²) < 4.78 is 0. The van der Waals surface area contributed by atoms with Crippen molar-refractivity contribution in [2.24, 2.45) is 0 Å². The number of H-pyrrole nitrogens is 1. The first-order chi connectivity index (χ1) is 15.7. The van der Waals surface area contributed by atoms with Crippen LogP contribution >= 0.6 is 11.8 Å². The van der Waals surface area contributed by atoms with Crippen LogP contribution in [0.25, 0.3) is 22.1 Å². The van der Waals surface area contributed by atoms with Gasteiger partial charge in [-0.3, -0.25) is 4.79 Å². The molecule has 1 amide bonds. The van der Waals surface area contributed by atoms with Gasteiger partial charge in [-0.25, -0.2) is 4.98 Å². The standard InChI is InChI=1S/C25H21N5OS/c1-16(32-25-28-23-22(29-30-25)19-14-8-9-15-20(19)26-23)24(31)27-21(17-10-4-2-5-11-17)18-12-6-3-7-13-18/h2-16,21H,1H3,(H,27,31)(H,26,28,30)/t16-/m1/s1. The van der Waals surface area contributed by atoms with Crippen molar-refractivity contribution < 1.29 is 4.79 Å². The third-order valence-corrected chi connectivity index (χ3v) is 6.26. The number of nitrogens with zero attached hydrogens (tertiary/aromatic N) is 3. The minimum atomic E-state index is -0.395. The van der Waals surface area contributed by atoms with Crippen molar-refractivity contribution in [3.05, 3.63) is 96.1 Å². The highest BCUT2D eigenvalue weighted by molar-refractivity contribution is 8.00. The summed E-state index contributed by atoms with van der Waals surface area (Å²) in [6, 6.07) is 27.6. The summed E-state index contributed by atoms with van der Waals surface area (Å²) in [6.45, 7) is 1.85. The number of benzene rings is 3. The Morgan fingerprint density at radius 2 is 1.50 bits per heavy atom. The maximum absolute atomic E-state index is 13.1. The number of hydrogen-bond donors (Lipinski definition) is 2. The Hall–Kier alpha value is -3.71. The molecule has 0 aliphatic heterocycles. The fraction of sp³-hybridized carbons (Fsp3) is 0.120. The Labute approximate surface area is 189 Å². The summed E-state index contributed by atoms with van der Waals surface area (Å²) >= 11 is 1.29. The maximum atomic E-state index is 13.1. The fourth-order valence-electron chi connectivity index (χ4n) is 3.68. The monoisotopic (exact) mass is 439 g/mol. The molecule has 3 aromatic carbocycles. The van der Waals surface area contributed by atoms with E-state index in [-0.39, 0.29) is 11.9 Å². The Morgan fingerprint density at radius 3 is 2.19 bits per heavy atom. The zero-order valence-electron chi connectivity index (χ0n) is 17.4. The molecule has 0 saturated heterocycles. The molecule has 7 heteroatoms. The van der Waals surface area contributed by atoms with Crippen molar-refractivity contribution in [1.29, 1.82) is 0 Å². The van der Waals surface area contributed by atoms with Gasteiger partial charge in [0.05, 0.1) is 11.3 Å². The van der Waals surface area contributed by atoms with Crippen LogP contribution < -0.4 is 5.32 Å². The van der Waals surface area contributed by atoms with Gasteiger partial charge in [-0.05, 0) is 24.1 Å². The van der Waals surface area contributed by atoms with E-state index >= 15 is 0 Å². The van der Waals surface area contributed by atoms with Gasteiger partial charge in [0.25, 0.3) is 0 Å². The van der Waals surface area contributed by atoms with E-state index in [1.54, 1.807) is 0 Å². The van der Waals surface area contributed by atoms with Gasteiger partial charge in [0.15, 0.2) is 5.65 Å². The van der Waals surface area contributed by atoms with Crippen LogP contribution in [-0.4, -0.2) is 31.3 Å². The summed E-state index contributed by atoms with van der Waals surface area (Å²) in [4.78, 5) is 20.9. The van der Waals surface area contributed by atoms with Crippen molar-refractivity contribution >= 4 is 39.7 Å². The number of amides is 1.